The van der Waals surface area contributed by atoms with Crippen LogP contribution in [0.15, 0.2) is 41.7 Å². The van der Waals surface area contributed by atoms with Crippen molar-refractivity contribution in [1.29, 1.82) is 0 Å². The Hall–Kier alpha value is -1.76. The van der Waals surface area contributed by atoms with E-state index in [9.17, 15) is 4.79 Å². The molecule has 0 saturated heterocycles. The largest absolute Gasteiger partial charge is 0.494 e. The minimum absolute atomic E-state index is 0.00655. The number of halogens is 2. The van der Waals surface area contributed by atoms with Gasteiger partial charge in [0.05, 0.1) is 22.4 Å². The van der Waals surface area contributed by atoms with E-state index in [1.54, 1.807) is 40.9 Å². The number of rotatable bonds is 6. The smallest absolute Gasteiger partial charge is 0.196 e. The number of carbonyl (C=O) groups is 1. The first-order valence-corrected chi connectivity index (χ1v) is 8.91. The molecule has 3 rings (SSSR count). The molecule has 0 aliphatic rings. The Morgan fingerprint density at radius 3 is 2.71 bits per heavy atom. The van der Waals surface area contributed by atoms with Crippen molar-refractivity contribution in [3.05, 3.63) is 52.1 Å². The number of hydrogen-bond donors (Lipinski definition) is 0. The van der Waals surface area contributed by atoms with Crippen LogP contribution in [-0.2, 0) is 0 Å². The monoisotopic (exact) mass is 381 g/mol. The molecule has 8 heteroatoms. The summed E-state index contributed by atoms with van der Waals surface area (Å²) >= 11 is 13.4. The van der Waals surface area contributed by atoms with Crippen LogP contribution in [0.3, 0.4) is 0 Å². The number of Topliss-reactive ketones (excluding diaryl/α,β-unsaturated/α-hetero) is 1. The molecule has 2 heterocycles. The second-order valence-electron chi connectivity index (χ2n) is 4.85. The second-order valence-corrected chi connectivity index (χ2v) is 6.64. The number of aromatic nitrogens is 3. The van der Waals surface area contributed by atoms with Crippen molar-refractivity contribution in [3.63, 3.8) is 0 Å². The van der Waals surface area contributed by atoms with E-state index >= 15 is 0 Å². The summed E-state index contributed by atoms with van der Waals surface area (Å²) in [5, 5.41) is 9.54. The maximum Gasteiger partial charge on any atom is 0.196 e. The molecule has 0 amide bonds. The quantitative estimate of drug-likeness (QED) is 0.467. The van der Waals surface area contributed by atoms with Gasteiger partial charge in [0.2, 0.25) is 0 Å². The summed E-state index contributed by atoms with van der Waals surface area (Å²) < 4.78 is 7.05. The van der Waals surface area contributed by atoms with E-state index in [1.807, 2.05) is 6.92 Å². The van der Waals surface area contributed by atoms with Crippen LogP contribution < -0.4 is 4.74 Å². The van der Waals surface area contributed by atoms with Gasteiger partial charge in [0.1, 0.15) is 5.75 Å². The SMILES string of the molecule is CCOc1ccc(C(=O)CSc2nnc3c(Cl)cc(Cl)cn23)cc1. The summed E-state index contributed by atoms with van der Waals surface area (Å²) in [6.45, 7) is 2.51. The van der Waals surface area contributed by atoms with Crippen molar-refractivity contribution in [1.82, 2.24) is 14.6 Å². The number of hydrogen-bond acceptors (Lipinski definition) is 5. The first kappa shape index (κ1) is 17.1. The lowest BCUT2D eigenvalue weighted by Crippen LogP contribution is -2.03. The Kier molecular flexibility index (Phi) is 5.28. The number of nitrogens with zero attached hydrogens (tertiary/aromatic N) is 3. The maximum absolute atomic E-state index is 12.3. The van der Waals surface area contributed by atoms with E-state index in [0.29, 0.717) is 33.0 Å². The highest BCUT2D eigenvalue weighted by atomic mass is 35.5. The predicted molar refractivity (Wildman–Crippen MR) is 95.7 cm³/mol. The molecule has 3 aromatic rings. The van der Waals surface area contributed by atoms with Crippen LogP contribution in [0.2, 0.25) is 10.0 Å². The molecule has 0 aliphatic heterocycles. The van der Waals surface area contributed by atoms with E-state index in [4.69, 9.17) is 27.9 Å². The van der Waals surface area contributed by atoms with Gasteiger partial charge in [-0.3, -0.25) is 9.20 Å². The normalized spacial score (nSPS) is 11.0. The van der Waals surface area contributed by atoms with Crippen LogP contribution in [0.5, 0.6) is 5.75 Å². The first-order chi connectivity index (χ1) is 11.6. The van der Waals surface area contributed by atoms with Crippen molar-refractivity contribution in [3.8, 4) is 5.75 Å². The number of carbonyl (C=O) groups excluding carboxylic acids is 1. The fourth-order valence-corrected chi connectivity index (χ4v) is 3.43. The fourth-order valence-electron chi connectivity index (χ4n) is 2.12. The van der Waals surface area contributed by atoms with Gasteiger partial charge >= 0.3 is 0 Å². The summed E-state index contributed by atoms with van der Waals surface area (Å²) in [6.07, 6.45) is 1.67. The lowest BCUT2D eigenvalue weighted by atomic mass is 10.1. The fraction of sp³-hybridized carbons (Fsp3) is 0.188. The summed E-state index contributed by atoms with van der Waals surface area (Å²) in [6, 6.07) is 8.68. The van der Waals surface area contributed by atoms with Gasteiger partial charge in [-0.25, -0.2) is 0 Å². The average molecular weight is 382 g/mol. The zero-order valence-electron chi connectivity index (χ0n) is 12.7. The van der Waals surface area contributed by atoms with E-state index in [0.717, 1.165) is 5.75 Å². The molecule has 0 unspecified atom stereocenters. The summed E-state index contributed by atoms with van der Waals surface area (Å²) in [5.41, 5.74) is 1.13. The second kappa shape index (κ2) is 7.42. The molecule has 0 aliphatic carbocycles. The third kappa shape index (κ3) is 3.66. The third-order valence-corrected chi connectivity index (χ3v) is 4.64. The van der Waals surface area contributed by atoms with Crippen molar-refractivity contribution in [2.45, 2.75) is 12.1 Å². The Bertz CT molecular complexity index is 881. The highest BCUT2D eigenvalue weighted by Gasteiger charge is 2.13. The van der Waals surface area contributed by atoms with Crippen LogP contribution >= 0.6 is 35.0 Å². The summed E-state index contributed by atoms with van der Waals surface area (Å²) in [5.74, 6) is 0.973. The lowest BCUT2D eigenvalue weighted by Gasteiger charge is -2.04. The van der Waals surface area contributed by atoms with Crippen molar-refractivity contribution < 1.29 is 9.53 Å². The van der Waals surface area contributed by atoms with Crippen LogP contribution in [-0.4, -0.2) is 32.7 Å². The third-order valence-electron chi connectivity index (χ3n) is 3.21. The van der Waals surface area contributed by atoms with Crippen molar-refractivity contribution >= 4 is 46.4 Å². The Labute approximate surface area is 152 Å². The molecule has 2 aromatic heterocycles. The molecule has 24 heavy (non-hydrogen) atoms. The van der Waals surface area contributed by atoms with Crippen molar-refractivity contribution in [2.75, 3.05) is 12.4 Å². The molecule has 5 nitrogen and oxygen atoms in total. The van der Waals surface area contributed by atoms with Gasteiger partial charge in [-0.05, 0) is 37.3 Å². The lowest BCUT2D eigenvalue weighted by molar-refractivity contribution is 0.102. The number of pyridine rings is 1. The van der Waals surface area contributed by atoms with Crippen LogP contribution in [0.25, 0.3) is 5.65 Å². The molecule has 0 fully saturated rings. The molecule has 1 aromatic carbocycles. The number of fused-ring (bicyclic) bond motifs is 1. The molecule has 0 atom stereocenters. The average Bonchev–Trinajstić information content (AvgIpc) is 2.97. The minimum Gasteiger partial charge on any atom is -0.494 e. The van der Waals surface area contributed by atoms with Gasteiger partial charge in [-0.15, -0.1) is 10.2 Å². The predicted octanol–water partition coefficient (Wildman–Crippen LogP) is 4.41. The summed E-state index contributed by atoms with van der Waals surface area (Å²) in [7, 11) is 0. The van der Waals surface area contributed by atoms with E-state index < -0.39 is 0 Å². The molecular formula is C16H13Cl2N3O2S. The van der Waals surface area contributed by atoms with E-state index in [-0.39, 0.29) is 11.5 Å². The van der Waals surface area contributed by atoms with Crippen LogP contribution in [0.1, 0.15) is 17.3 Å². The van der Waals surface area contributed by atoms with Gasteiger partial charge in [0.15, 0.2) is 16.6 Å². The minimum atomic E-state index is -0.00655. The van der Waals surface area contributed by atoms with Crippen LogP contribution in [0, 0.1) is 0 Å². The van der Waals surface area contributed by atoms with E-state index in [2.05, 4.69) is 10.2 Å². The van der Waals surface area contributed by atoms with Gasteiger partial charge in [-0.1, -0.05) is 35.0 Å². The molecule has 0 N–H and O–H groups in total. The topological polar surface area (TPSA) is 56.5 Å². The standard InChI is InChI=1S/C16H13Cl2N3O2S/c1-2-23-12-5-3-10(4-6-12)14(22)9-24-16-20-19-15-13(18)7-11(17)8-21(15)16/h3-8H,2,9H2,1H3. The van der Waals surface area contributed by atoms with Gasteiger partial charge in [0.25, 0.3) is 0 Å². The summed E-state index contributed by atoms with van der Waals surface area (Å²) in [4.78, 5) is 12.3. The van der Waals surface area contributed by atoms with Gasteiger partial charge in [0, 0.05) is 11.8 Å². The molecule has 0 spiro atoms. The molecule has 0 radical (unpaired) electrons. The maximum atomic E-state index is 12.3. The highest BCUT2D eigenvalue weighted by molar-refractivity contribution is 7.99. The first-order valence-electron chi connectivity index (χ1n) is 7.17. The Balaban J connectivity index is 1.72. The van der Waals surface area contributed by atoms with E-state index in [1.165, 1.54) is 11.8 Å². The van der Waals surface area contributed by atoms with Crippen molar-refractivity contribution in [2.24, 2.45) is 0 Å². The molecule has 0 bridgehead atoms. The Morgan fingerprint density at radius 2 is 2.00 bits per heavy atom. The highest BCUT2D eigenvalue weighted by Crippen LogP contribution is 2.25. The van der Waals surface area contributed by atoms with Gasteiger partial charge < -0.3 is 4.74 Å². The zero-order valence-corrected chi connectivity index (χ0v) is 15.0. The number of thioether (sulfide) groups is 1. The number of benzene rings is 1. The van der Waals surface area contributed by atoms with Gasteiger partial charge in [-0.2, -0.15) is 0 Å². The van der Waals surface area contributed by atoms with Crippen LogP contribution in [0.4, 0.5) is 0 Å². The zero-order chi connectivity index (χ0) is 17.1. The molecular weight excluding hydrogens is 369 g/mol. The molecule has 124 valence electrons. The number of ether oxygens (including phenoxy) is 1. The molecule has 0 saturated carbocycles. The number of ketones is 1. The Morgan fingerprint density at radius 1 is 1.25 bits per heavy atom.